The molecule has 0 atom stereocenters. The van der Waals surface area contributed by atoms with Crippen LogP contribution in [0.25, 0.3) is 11.0 Å². The van der Waals surface area contributed by atoms with Crippen molar-refractivity contribution < 1.29 is 23.9 Å². The molecule has 3 amide bonds. The first-order chi connectivity index (χ1) is 28.5. The van der Waals surface area contributed by atoms with Crippen molar-refractivity contribution in [3.05, 3.63) is 86.4 Å². The lowest BCUT2D eigenvalue weighted by Crippen LogP contribution is -2.49. The molecule has 0 unspecified atom stereocenters. The largest absolute Gasteiger partial charge is 0.380 e. The number of anilines is 5. The summed E-state index contributed by atoms with van der Waals surface area (Å²) >= 11 is 1.39. The number of fused-ring (bicyclic) bond motifs is 1. The fourth-order valence-electron chi connectivity index (χ4n) is 7.56. The highest BCUT2D eigenvalue weighted by molar-refractivity contribution is 7.15. The number of aromatic nitrogens is 5. The number of nitrogens with zero attached hydrogens (tertiary/aromatic N) is 7. The van der Waals surface area contributed by atoms with Gasteiger partial charge in [0.05, 0.1) is 60.4 Å². The number of nitrogens with one attached hydrogen (secondary N) is 3. The van der Waals surface area contributed by atoms with Gasteiger partial charge >= 0.3 is 0 Å². The van der Waals surface area contributed by atoms with Crippen LogP contribution in [-0.4, -0.2) is 92.3 Å². The Bertz CT molecular complexity index is 2420. The number of Topliss-reactive ketones (excluding diaryl/α,β-unsaturated/α-hetero) is 1. The van der Waals surface area contributed by atoms with Crippen molar-refractivity contribution in [1.82, 2.24) is 29.4 Å². The number of hydrogen-bond donors (Lipinski definition) is 3. The maximum atomic E-state index is 13.5. The molecule has 17 heteroatoms. The molecule has 5 aromatic rings. The number of thiazole rings is 1. The zero-order valence-corrected chi connectivity index (χ0v) is 34.5. The van der Waals surface area contributed by atoms with E-state index in [1.165, 1.54) is 18.3 Å². The second-order valence-electron chi connectivity index (χ2n) is 14.8. The molecule has 0 spiro atoms. The van der Waals surface area contributed by atoms with Crippen LogP contribution in [-0.2, 0) is 14.3 Å². The number of pyridine rings is 2. The average molecular weight is 821 g/mol. The van der Waals surface area contributed by atoms with E-state index in [4.69, 9.17) is 9.72 Å². The topological polar surface area (TPSA) is 194 Å². The van der Waals surface area contributed by atoms with Gasteiger partial charge in [0.25, 0.3) is 11.5 Å². The number of benzene rings is 1. The van der Waals surface area contributed by atoms with Crippen LogP contribution in [0.2, 0.25) is 0 Å². The van der Waals surface area contributed by atoms with Gasteiger partial charge in [0.1, 0.15) is 11.5 Å². The highest BCUT2D eigenvalue weighted by Gasteiger charge is 2.26. The van der Waals surface area contributed by atoms with Crippen LogP contribution in [0.4, 0.5) is 28.3 Å². The molecule has 308 valence electrons. The highest BCUT2D eigenvalue weighted by Crippen LogP contribution is 2.32. The van der Waals surface area contributed by atoms with E-state index in [9.17, 15) is 24.0 Å². The Hall–Kier alpha value is -6.07. The first-order valence-electron chi connectivity index (χ1n) is 19.9. The highest BCUT2D eigenvalue weighted by atomic mass is 32.1. The van der Waals surface area contributed by atoms with Crippen molar-refractivity contribution in [2.45, 2.75) is 72.3 Å². The number of para-hydroxylation sites is 1. The van der Waals surface area contributed by atoms with Crippen molar-refractivity contribution in [3.63, 3.8) is 0 Å². The lowest BCUT2D eigenvalue weighted by molar-refractivity contribution is -0.132. The van der Waals surface area contributed by atoms with E-state index in [-0.39, 0.29) is 66.7 Å². The number of aryl methyl sites for hydroxylation is 3. The molecule has 1 aliphatic heterocycles. The third-order valence-electron chi connectivity index (χ3n) is 10.9. The van der Waals surface area contributed by atoms with Crippen LogP contribution < -0.4 is 26.4 Å². The molecular formula is C42H48N10O6S. The number of ether oxygens (including phenoxy) is 1. The Morgan fingerprint density at radius 2 is 1.63 bits per heavy atom. The predicted octanol–water partition coefficient (Wildman–Crippen LogP) is 5.97. The van der Waals surface area contributed by atoms with Crippen molar-refractivity contribution in [2.24, 2.45) is 0 Å². The van der Waals surface area contributed by atoms with E-state index in [1.807, 2.05) is 30.9 Å². The second-order valence-corrected chi connectivity index (χ2v) is 16.0. The summed E-state index contributed by atoms with van der Waals surface area (Å²) in [7, 11) is 0. The SMILES string of the molecule is CC(=O)c1c(C)c2cnc(Nc3ccc(N4CCN(C(=O)CCOCCC(=O)Nc5ccccc5C(=O)Nc5nc(C)c(C)s5)CC4)cn3)nc2n(C2CCCC2)c1=O. The quantitative estimate of drug-likeness (QED) is 0.0880. The fraction of sp³-hybridized carbons (Fsp3) is 0.405. The van der Waals surface area contributed by atoms with Gasteiger partial charge in [0.15, 0.2) is 10.9 Å². The minimum atomic E-state index is -0.364. The third kappa shape index (κ3) is 9.47. The molecule has 5 heterocycles. The van der Waals surface area contributed by atoms with Gasteiger partial charge in [-0.3, -0.25) is 33.9 Å². The van der Waals surface area contributed by atoms with Crippen LogP contribution in [0, 0.1) is 20.8 Å². The zero-order chi connectivity index (χ0) is 41.6. The molecule has 1 saturated heterocycles. The molecule has 0 radical (unpaired) electrons. The molecule has 3 N–H and O–H groups in total. The maximum Gasteiger partial charge on any atom is 0.263 e. The van der Waals surface area contributed by atoms with Gasteiger partial charge in [-0.1, -0.05) is 25.0 Å². The summed E-state index contributed by atoms with van der Waals surface area (Å²) in [4.78, 5) is 87.7. The number of amides is 3. The van der Waals surface area contributed by atoms with Crippen LogP contribution in [0.3, 0.4) is 0 Å². The Labute approximate surface area is 345 Å². The molecule has 16 nitrogen and oxygen atoms in total. The zero-order valence-electron chi connectivity index (χ0n) is 33.7. The van der Waals surface area contributed by atoms with Gasteiger partial charge in [-0.15, -0.1) is 11.3 Å². The van der Waals surface area contributed by atoms with Gasteiger partial charge in [-0.25, -0.2) is 15.0 Å². The normalized spacial score (nSPS) is 14.4. The van der Waals surface area contributed by atoms with Crippen LogP contribution in [0.1, 0.15) is 88.3 Å². The van der Waals surface area contributed by atoms with Gasteiger partial charge in [-0.05, 0) is 70.4 Å². The average Bonchev–Trinajstić information content (AvgIpc) is 3.86. The Morgan fingerprint density at radius 3 is 2.32 bits per heavy atom. The third-order valence-corrected chi connectivity index (χ3v) is 11.9. The number of rotatable bonds is 14. The van der Waals surface area contributed by atoms with E-state index < -0.39 is 0 Å². The van der Waals surface area contributed by atoms with E-state index in [2.05, 4.69) is 35.8 Å². The number of piperazine rings is 1. The Kier molecular flexibility index (Phi) is 12.7. The Balaban J connectivity index is 0.850. The minimum Gasteiger partial charge on any atom is -0.380 e. The number of hydrogen-bond acceptors (Lipinski definition) is 13. The summed E-state index contributed by atoms with van der Waals surface area (Å²) < 4.78 is 7.32. The van der Waals surface area contributed by atoms with Crippen LogP contribution in [0.15, 0.2) is 53.6 Å². The molecule has 0 bridgehead atoms. The van der Waals surface area contributed by atoms with Crippen molar-refractivity contribution >= 4 is 74.1 Å². The lowest BCUT2D eigenvalue weighted by Gasteiger charge is -2.36. The van der Waals surface area contributed by atoms with Crippen LogP contribution in [0.5, 0.6) is 0 Å². The molecule has 2 fully saturated rings. The maximum absolute atomic E-state index is 13.5. The van der Waals surface area contributed by atoms with Gasteiger partial charge in [0, 0.05) is 48.7 Å². The van der Waals surface area contributed by atoms with E-state index in [1.54, 1.807) is 48.1 Å². The second kappa shape index (κ2) is 18.2. The smallest absolute Gasteiger partial charge is 0.263 e. The molecule has 1 aromatic carbocycles. The molecule has 1 saturated carbocycles. The van der Waals surface area contributed by atoms with E-state index >= 15 is 0 Å². The molecule has 59 heavy (non-hydrogen) atoms. The summed E-state index contributed by atoms with van der Waals surface area (Å²) in [6.07, 6.45) is 7.46. The fourth-order valence-corrected chi connectivity index (χ4v) is 8.37. The van der Waals surface area contributed by atoms with Gasteiger partial charge in [0.2, 0.25) is 17.8 Å². The summed E-state index contributed by atoms with van der Waals surface area (Å²) in [5.41, 5.74) is 3.49. The monoisotopic (exact) mass is 820 g/mol. The van der Waals surface area contributed by atoms with E-state index in [0.29, 0.717) is 70.9 Å². The molecule has 2 aliphatic rings. The molecule has 1 aliphatic carbocycles. The van der Waals surface area contributed by atoms with Crippen LogP contribution >= 0.6 is 11.3 Å². The minimum absolute atomic E-state index is 0.0128. The van der Waals surface area contributed by atoms with Crippen molar-refractivity contribution in [2.75, 3.05) is 60.2 Å². The first-order valence-corrected chi connectivity index (χ1v) is 20.7. The summed E-state index contributed by atoms with van der Waals surface area (Å²) in [5.74, 6) is -0.102. The van der Waals surface area contributed by atoms with Crippen molar-refractivity contribution in [1.29, 1.82) is 0 Å². The standard InChI is InChI=1S/C42H48N10O6S/c1-25-32-24-44-41(48-38(32)52(29-9-5-6-10-29)40(57)37(25)27(3)53)47-34-14-13-30(23-43-34)50-17-19-51(20-18-50)36(55)16-22-58-21-15-35(54)46-33-12-8-7-11-31(33)39(56)49-42-45-26(2)28(4)59-42/h7-8,11-14,23-24,29H,5-6,9-10,15-22H2,1-4H3,(H,46,54)(H,45,49,56)(H,43,44,47,48). The number of carbonyl (C=O) groups excluding carboxylic acids is 4. The van der Waals surface area contributed by atoms with Crippen molar-refractivity contribution in [3.8, 4) is 0 Å². The first kappa shape index (κ1) is 41.1. The Morgan fingerprint density at radius 1 is 0.881 bits per heavy atom. The van der Waals surface area contributed by atoms with Gasteiger partial charge in [-0.2, -0.15) is 4.98 Å². The lowest BCUT2D eigenvalue weighted by atomic mass is 10.0. The number of carbonyl (C=O) groups is 4. The summed E-state index contributed by atoms with van der Waals surface area (Å²) in [6, 6.07) is 10.6. The molecule has 7 rings (SSSR count). The summed E-state index contributed by atoms with van der Waals surface area (Å²) in [5, 5.41) is 9.94. The van der Waals surface area contributed by atoms with E-state index in [0.717, 1.165) is 41.9 Å². The summed E-state index contributed by atoms with van der Waals surface area (Å²) in [6.45, 7) is 9.71. The predicted molar refractivity (Wildman–Crippen MR) is 227 cm³/mol. The molecular weight excluding hydrogens is 773 g/mol. The van der Waals surface area contributed by atoms with Gasteiger partial charge < -0.3 is 25.2 Å². The molecule has 4 aromatic heterocycles. The number of ketones is 1.